The van der Waals surface area contributed by atoms with Crippen molar-refractivity contribution in [2.24, 2.45) is 34.0 Å². The van der Waals surface area contributed by atoms with Crippen molar-refractivity contribution in [1.82, 2.24) is 53.2 Å². The number of carbonyl (C=O) groups is 11. The minimum absolute atomic E-state index is 0.00131. The van der Waals surface area contributed by atoms with Gasteiger partial charge in [0.25, 0.3) is 0 Å². The van der Waals surface area contributed by atoms with Crippen molar-refractivity contribution in [3.63, 3.8) is 0 Å². The van der Waals surface area contributed by atoms with Crippen LogP contribution < -0.4 is 70.4 Å². The Balaban J connectivity index is 1.80. The average molecular weight is 1250 g/mol. The monoisotopic (exact) mass is 1240 g/mol. The predicted molar refractivity (Wildman–Crippen MR) is 327 cm³/mol. The molecule has 1 fully saturated rings. The van der Waals surface area contributed by atoms with Crippen molar-refractivity contribution in [3.05, 3.63) is 89.5 Å². The van der Waals surface area contributed by atoms with Gasteiger partial charge in [-0.05, 0) is 105 Å². The lowest BCUT2D eigenvalue weighted by molar-refractivity contribution is -0.136. The van der Waals surface area contributed by atoms with Crippen molar-refractivity contribution in [2.45, 2.75) is 154 Å². The fourth-order valence-corrected chi connectivity index (χ4v) is 9.79. The van der Waals surface area contributed by atoms with E-state index in [9.17, 15) is 68.1 Å². The average Bonchev–Trinajstić information content (AvgIpc) is 3.65. The maximum absolute atomic E-state index is 14.6. The molecule has 88 heavy (non-hydrogen) atoms. The lowest BCUT2D eigenvalue weighted by Crippen LogP contribution is -2.61. The molecule has 4 rings (SSSR count). The number of carbonyl (C=O) groups excluding carboxylic acids is 11. The van der Waals surface area contributed by atoms with Gasteiger partial charge in [0.15, 0.2) is 5.96 Å². The molecule has 1 heterocycles. The molecule has 11 amide bonds. The van der Waals surface area contributed by atoms with Crippen LogP contribution in [0.25, 0.3) is 0 Å². The number of hydrogen-bond acceptors (Lipinski definition) is 16. The van der Waals surface area contributed by atoms with E-state index in [0.717, 1.165) is 11.8 Å². The first kappa shape index (κ1) is 71.3. The molecule has 0 saturated carbocycles. The number of nitrogens with one attached hydrogen (secondary N) is 10. The third-order valence-electron chi connectivity index (χ3n) is 14.2. The molecular formula is C59H84N14O14S. The van der Waals surface area contributed by atoms with Crippen LogP contribution in [0.15, 0.2) is 77.8 Å². The summed E-state index contributed by atoms with van der Waals surface area (Å²) >= 11 is 0.864. The summed E-state index contributed by atoms with van der Waals surface area (Å²) in [5.74, 6) is -11.5. The summed E-state index contributed by atoms with van der Waals surface area (Å²) in [6, 6.07) is 3.36. The number of thioether (sulfide) groups is 1. The molecule has 1 saturated heterocycles. The SMILES string of the molecule is CC[C@H](C)[C@@H]1NC(=O)[C@H](Cc2ccc(O)cc2)NC(=O)CSC[C@@H](C(N)=O)NC(=O)[C@H](C)NC(=O)[C@H](C)NC(=O)[C@H](Cc2ccc(O)cc2)NC(=O)[C@H](C)NC(=O)[C@H](Cc2ccc(O)cc2)NC(=O)[C@H](CC(C)C)NC(=O)[C@H](CCCN=C(N)N)NC1=O. The Labute approximate surface area is 514 Å². The van der Waals surface area contributed by atoms with E-state index in [4.69, 9.17) is 17.2 Å². The van der Waals surface area contributed by atoms with Gasteiger partial charge in [-0.1, -0.05) is 70.5 Å². The zero-order valence-electron chi connectivity index (χ0n) is 50.3. The second-order valence-corrected chi connectivity index (χ2v) is 23.1. The summed E-state index contributed by atoms with van der Waals surface area (Å²) in [4.78, 5) is 158. The number of amides is 11. The molecule has 19 N–H and O–H groups in total. The highest BCUT2D eigenvalue weighted by Gasteiger charge is 2.36. The number of rotatable bonds is 15. The standard InChI is InChI=1S/C59H84N14O14S/c1-8-31(4)48-58(87)68-41(10-9-23-63-59(61)62)53(82)70-42(24-30(2)3)56(85)71-45(27-37-15-21-40(76)22-16-37)55(84)66-34(7)51(80)69-44(26-36-13-19-39(75)20-14-36)54(83)65-32(5)50(79)64-33(6)52(81)72-46(49(60)78)28-88-29-47(77)67-43(57(86)73-48)25-35-11-17-38(74)18-12-35/h11-22,30-34,41-46,48,74-76H,8-10,23-29H2,1-7H3,(H2,60,78)(H,64,79)(H,65,83)(H,66,84)(H,67,77)(H,68,87)(H,69,80)(H,70,82)(H,71,85)(H,72,81)(H,73,86)(H4,61,62,63)/t31-,32-,33-,34-,41-,42-,43-,44-,45-,46-,48-/m0/s1. The van der Waals surface area contributed by atoms with E-state index in [1.165, 1.54) is 93.6 Å². The zero-order valence-corrected chi connectivity index (χ0v) is 51.2. The maximum atomic E-state index is 14.6. The van der Waals surface area contributed by atoms with Gasteiger partial charge in [-0.3, -0.25) is 57.7 Å². The van der Waals surface area contributed by atoms with Crippen molar-refractivity contribution in [3.8, 4) is 17.2 Å². The van der Waals surface area contributed by atoms with Crippen LogP contribution in [0, 0.1) is 11.8 Å². The summed E-state index contributed by atoms with van der Waals surface area (Å²) in [6.07, 6.45) is -0.204. The lowest BCUT2D eigenvalue weighted by Gasteiger charge is -2.29. The first-order valence-corrected chi connectivity index (χ1v) is 30.0. The molecule has 1 aliphatic heterocycles. The Morgan fingerprint density at radius 2 is 0.886 bits per heavy atom. The van der Waals surface area contributed by atoms with E-state index in [1.807, 2.05) is 0 Å². The van der Waals surface area contributed by atoms with Crippen LogP contribution in [-0.2, 0) is 72.0 Å². The highest BCUT2D eigenvalue weighted by Crippen LogP contribution is 2.18. The van der Waals surface area contributed by atoms with Gasteiger partial charge in [0.1, 0.15) is 77.7 Å². The molecule has 3 aromatic carbocycles. The highest BCUT2D eigenvalue weighted by molar-refractivity contribution is 8.00. The van der Waals surface area contributed by atoms with Crippen LogP contribution in [0.4, 0.5) is 0 Å². The quantitative estimate of drug-likeness (QED) is 0.0450. The Bertz CT molecular complexity index is 2950. The van der Waals surface area contributed by atoms with Crippen LogP contribution >= 0.6 is 11.8 Å². The van der Waals surface area contributed by atoms with Crippen molar-refractivity contribution < 1.29 is 68.1 Å². The van der Waals surface area contributed by atoms with E-state index >= 15 is 0 Å². The zero-order chi connectivity index (χ0) is 65.4. The van der Waals surface area contributed by atoms with E-state index < -0.39 is 131 Å². The summed E-state index contributed by atoms with van der Waals surface area (Å²) in [7, 11) is 0. The first-order chi connectivity index (χ1) is 41.5. The predicted octanol–water partition coefficient (Wildman–Crippen LogP) is -1.88. The molecule has 29 heteroatoms. The number of nitrogens with two attached hydrogens (primary N) is 3. The van der Waals surface area contributed by atoms with Gasteiger partial charge in [-0.2, -0.15) is 0 Å². The Morgan fingerprint density at radius 1 is 0.511 bits per heavy atom. The number of benzene rings is 3. The van der Waals surface area contributed by atoms with Crippen LogP contribution in [0.2, 0.25) is 0 Å². The Morgan fingerprint density at radius 3 is 1.33 bits per heavy atom. The molecule has 0 radical (unpaired) electrons. The second-order valence-electron chi connectivity index (χ2n) is 22.1. The molecule has 0 unspecified atom stereocenters. The van der Waals surface area contributed by atoms with E-state index in [0.29, 0.717) is 23.1 Å². The van der Waals surface area contributed by atoms with Gasteiger partial charge < -0.3 is 85.7 Å². The maximum Gasteiger partial charge on any atom is 0.243 e. The molecule has 1 aliphatic rings. The number of guanidine groups is 1. The topological polar surface area (TPSA) is 459 Å². The van der Waals surface area contributed by atoms with Gasteiger partial charge in [0, 0.05) is 31.6 Å². The summed E-state index contributed by atoms with van der Waals surface area (Å²) < 4.78 is 0. The van der Waals surface area contributed by atoms with Crippen LogP contribution in [0.3, 0.4) is 0 Å². The number of hydrogen-bond donors (Lipinski definition) is 16. The molecule has 0 spiro atoms. The molecule has 0 aliphatic carbocycles. The summed E-state index contributed by atoms with van der Waals surface area (Å²) in [6.45, 7) is 10.9. The second kappa shape index (κ2) is 34.9. The van der Waals surface area contributed by atoms with Gasteiger partial charge in [0.2, 0.25) is 65.0 Å². The van der Waals surface area contributed by atoms with E-state index in [2.05, 4.69) is 58.2 Å². The highest BCUT2D eigenvalue weighted by atomic mass is 32.2. The number of primary amides is 1. The fourth-order valence-electron chi connectivity index (χ4n) is 8.93. The number of phenols is 3. The summed E-state index contributed by atoms with van der Waals surface area (Å²) in [5.41, 5.74) is 18.2. The number of aliphatic imine (C=N–C) groups is 1. The normalized spacial score (nSPS) is 24.5. The van der Waals surface area contributed by atoms with Gasteiger partial charge in [0.05, 0.1) is 5.75 Å². The lowest BCUT2D eigenvalue weighted by atomic mass is 9.96. The minimum Gasteiger partial charge on any atom is -0.508 e. The van der Waals surface area contributed by atoms with Gasteiger partial charge >= 0.3 is 0 Å². The number of phenolic OH excluding ortho intramolecular Hbond substituents is 3. The molecule has 28 nitrogen and oxygen atoms in total. The van der Waals surface area contributed by atoms with Crippen LogP contribution in [0.1, 0.15) is 90.8 Å². The van der Waals surface area contributed by atoms with E-state index in [1.54, 1.807) is 27.7 Å². The van der Waals surface area contributed by atoms with Gasteiger partial charge in [-0.15, -0.1) is 11.8 Å². The smallest absolute Gasteiger partial charge is 0.243 e. The van der Waals surface area contributed by atoms with Crippen molar-refractivity contribution >= 4 is 82.7 Å². The van der Waals surface area contributed by atoms with Crippen molar-refractivity contribution in [2.75, 3.05) is 18.1 Å². The van der Waals surface area contributed by atoms with Gasteiger partial charge in [-0.25, -0.2) is 0 Å². The molecule has 480 valence electrons. The third-order valence-corrected chi connectivity index (χ3v) is 15.2. The molecule has 11 atom stereocenters. The fraction of sp³-hybridized carbons (Fsp3) is 0.492. The third kappa shape index (κ3) is 24.0. The van der Waals surface area contributed by atoms with E-state index in [-0.39, 0.29) is 85.7 Å². The molecule has 3 aromatic rings. The molecule has 0 aromatic heterocycles. The summed E-state index contributed by atoms with van der Waals surface area (Å²) in [5, 5.41) is 56.2. The first-order valence-electron chi connectivity index (χ1n) is 28.8. The van der Waals surface area contributed by atoms with Crippen LogP contribution in [-0.4, -0.2) is 165 Å². The largest absolute Gasteiger partial charge is 0.508 e. The van der Waals surface area contributed by atoms with Crippen molar-refractivity contribution in [1.29, 1.82) is 0 Å². The van der Waals surface area contributed by atoms with Crippen LogP contribution in [0.5, 0.6) is 17.2 Å². The Hall–Kier alpha value is -9.15. The molecule has 0 bridgehead atoms. The number of nitrogens with zero attached hydrogens (tertiary/aromatic N) is 1. The Kier molecular flexibility index (Phi) is 28.3. The molecular weight excluding hydrogens is 1160 g/mol. The minimum atomic E-state index is -1.46. The number of aromatic hydroxyl groups is 3.